The zero-order valence-electron chi connectivity index (χ0n) is 14.0. The quantitative estimate of drug-likeness (QED) is 0.312. The number of ether oxygens (including phenoxy) is 2. The van der Waals surface area contributed by atoms with E-state index >= 15 is 0 Å². The van der Waals surface area contributed by atoms with Crippen LogP contribution in [0.5, 0.6) is 11.5 Å². The third-order valence-electron chi connectivity index (χ3n) is 3.01. The summed E-state index contributed by atoms with van der Waals surface area (Å²) >= 11 is 1.38. The second-order valence-electron chi connectivity index (χ2n) is 4.87. The van der Waals surface area contributed by atoms with Crippen LogP contribution in [0.25, 0.3) is 0 Å². The first-order chi connectivity index (χ1) is 12.2. The third-order valence-corrected chi connectivity index (χ3v) is 3.78. The Morgan fingerprint density at radius 2 is 2.32 bits per heavy atom. The van der Waals surface area contributed by atoms with Gasteiger partial charge in [-0.05, 0) is 31.0 Å². The number of terminal acetylenes is 1. The van der Waals surface area contributed by atoms with Crippen LogP contribution in [0.4, 0.5) is 10.9 Å². The number of hydrogen-bond donors (Lipinski definition) is 2. The molecule has 0 aliphatic heterocycles. The Bertz CT molecular complexity index is 793. The van der Waals surface area contributed by atoms with Crippen molar-refractivity contribution in [2.45, 2.75) is 13.3 Å². The van der Waals surface area contributed by atoms with Gasteiger partial charge in [-0.15, -0.1) is 24.3 Å². The SMILES string of the molecule is C#CCOc1c(CC=C)cc(C=NNc2nc(N)cs2)cc1OCC. The summed E-state index contributed by atoms with van der Waals surface area (Å²) in [5, 5.41) is 6.55. The van der Waals surface area contributed by atoms with Gasteiger partial charge in [0.15, 0.2) is 11.5 Å². The van der Waals surface area contributed by atoms with Crippen molar-refractivity contribution in [1.29, 1.82) is 0 Å². The summed E-state index contributed by atoms with van der Waals surface area (Å²) in [6.45, 7) is 6.38. The zero-order chi connectivity index (χ0) is 18.1. The Kier molecular flexibility index (Phi) is 6.87. The Balaban J connectivity index is 2.27. The molecule has 6 nitrogen and oxygen atoms in total. The van der Waals surface area contributed by atoms with Gasteiger partial charge in [-0.1, -0.05) is 12.0 Å². The molecule has 0 unspecified atom stereocenters. The first-order valence-electron chi connectivity index (χ1n) is 7.64. The Morgan fingerprint density at radius 3 is 2.96 bits per heavy atom. The number of anilines is 2. The molecule has 0 atom stereocenters. The summed E-state index contributed by atoms with van der Waals surface area (Å²) in [6.07, 6.45) is 9.40. The highest BCUT2D eigenvalue weighted by Crippen LogP contribution is 2.33. The lowest BCUT2D eigenvalue weighted by Gasteiger charge is -2.15. The van der Waals surface area contributed by atoms with Gasteiger partial charge in [0.25, 0.3) is 0 Å². The molecular formula is C18H20N4O2S. The smallest absolute Gasteiger partial charge is 0.205 e. The lowest BCUT2D eigenvalue weighted by Crippen LogP contribution is -2.04. The summed E-state index contributed by atoms with van der Waals surface area (Å²) in [5.41, 5.74) is 10.2. The van der Waals surface area contributed by atoms with Gasteiger partial charge >= 0.3 is 0 Å². The molecule has 0 aliphatic rings. The van der Waals surface area contributed by atoms with E-state index in [9.17, 15) is 0 Å². The number of allylic oxidation sites excluding steroid dienone is 1. The molecule has 2 aromatic rings. The minimum absolute atomic E-state index is 0.171. The van der Waals surface area contributed by atoms with Gasteiger partial charge < -0.3 is 15.2 Å². The van der Waals surface area contributed by atoms with Crippen LogP contribution in [0.1, 0.15) is 18.1 Å². The van der Waals surface area contributed by atoms with Crippen molar-refractivity contribution in [3.05, 3.63) is 41.3 Å². The normalized spacial score (nSPS) is 10.4. The summed E-state index contributed by atoms with van der Waals surface area (Å²) in [6, 6.07) is 3.81. The van der Waals surface area contributed by atoms with Gasteiger partial charge in [-0.25, -0.2) is 4.98 Å². The predicted octanol–water partition coefficient (Wildman–Crippen LogP) is 3.31. The van der Waals surface area contributed by atoms with Gasteiger partial charge in [-0.3, -0.25) is 5.43 Å². The molecule has 3 N–H and O–H groups in total. The topological polar surface area (TPSA) is 81.8 Å². The number of thiazole rings is 1. The highest BCUT2D eigenvalue weighted by molar-refractivity contribution is 7.14. The maximum absolute atomic E-state index is 5.69. The van der Waals surface area contributed by atoms with Crippen LogP contribution in [0.2, 0.25) is 0 Å². The van der Waals surface area contributed by atoms with E-state index in [0.717, 1.165) is 11.1 Å². The van der Waals surface area contributed by atoms with Crippen molar-refractivity contribution >= 4 is 28.5 Å². The molecule has 1 aromatic carbocycles. The molecule has 0 fully saturated rings. The van der Waals surface area contributed by atoms with Gasteiger partial charge in [0, 0.05) is 10.9 Å². The molecule has 0 saturated heterocycles. The number of rotatable bonds is 9. The highest BCUT2D eigenvalue weighted by atomic mass is 32.1. The van der Waals surface area contributed by atoms with Crippen molar-refractivity contribution in [2.24, 2.45) is 5.10 Å². The monoisotopic (exact) mass is 356 g/mol. The summed E-state index contributed by atoms with van der Waals surface area (Å²) in [7, 11) is 0. The van der Waals surface area contributed by atoms with E-state index in [1.54, 1.807) is 17.7 Å². The van der Waals surface area contributed by atoms with Gasteiger partial charge in [0.05, 0.1) is 12.8 Å². The van der Waals surface area contributed by atoms with Crippen molar-refractivity contribution in [1.82, 2.24) is 4.98 Å². The average Bonchev–Trinajstić information content (AvgIpc) is 3.00. The van der Waals surface area contributed by atoms with Crippen molar-refractivity contribution in [2.75, 3.05) is 24.4 Å². The van der Waals surface area contributed by atoms with Crippen LogP contribution in [0.15, 0.2) is 35.3 Å². The van der Waals surface area contributed by atoms with E-state index < -0.39 is 0 Å². The first-order valence-corrected chi connectivity index (χ1v) is 8.52. The van der Waals surface area contributed by atoms with Crippen LogP contribution in [-0.4, -0.2) is 24.4 Å². The molecule has 0 spiro atoms. The summed E-state index contributed by atoms with van der Waals surface area (Å²) in [5.74, 6) is 4.19. The first kappa shape index (κ1) is 18.4. The van der Waals surface area contributed by atoms with E-state index in [2.05, 4.69) is 28.0 Å². The number of nitrogens with one attached hydrogen (secondary N) is 1. The number of nitrogens with zero attached hydrogens (tertiary/aromatic N) is 2. The number of benzene rings is 1. The van der Waals surface area contributed by atoms with Crippen molar-refractivity contribution in [3.8, 4) is 23.8 Å². The minimum atomic E-state index is 0.171. The molecule has 0 radical (unpaired) electrons. The average molecular weight is 356 g/mol. The maximum Gasteiger partial charge on any atom is 0.205 e. The number of nitrogens with two attached hydrogens (primary N) is 1. The highest BCUT2D eigenvalue weighted by Gasteiger charge is 2.12. The third kappa shape index (κ3) is 5.26. The van der Waals surface area contributed by atoms with E-state index in [-0.39, 0.29) is 6.61 Å². The van der Waals surface area contributed by atoms with Crippen LogP contribution in [-0.2, 0) is 6.42 Å². The van der Waals surface area contributed by atoms with Crippen LogP contribution in [0, 0.1) is 12.3 Å². The van der Waals surface area contributed by atoms with E-state index in [4.69, 9.17) is 21.6 Å². The molecule has 0 bridgehead atoms. The van der Waals surface area contributed by atoms with Gasteiger partial charge in [-0.2, -0.15) is 5.10 Å². The maximum atomic E-state index is 5.69. The molecule has 1 aromatic heterocycles. The summed E-state index contributed by atoms with van der Waals surface area (Å²) in [4.78, 5) is 4.08. The second kappa shape index (κ2) is 9.35. The molecule has 25 heavy (non-hydrogen) atoms. The lowest BCUT2D eigenvalue weighted by molar-refractivity contribution is 0.297. The molecule has 1 heterocycles. The van der Waals surface area contributed by atoms with Crippen molar-refractivity contribution < 1.29 is 9.47 Å². The molecule has 2 rings (SSSR count). The largest absolute Gasteiger partial charge is 0.490 e. The Labute approximate surface area is 151 Å². The Morgan fingerprint density at radius 1 is 1.48 bits per heavy atom. The summed E-state index contributed by atoms with van der Waals surface area (Å²) < 4.78 is 11.4. The molecular weight excluding hydrogens is 336 g/mol. The van der Waals surface area contributed by atoms with Crippen LogP contribution < -0.4 is 20.6 Å². The van der Waals surface area contributed by atoms with E-state index in [0.29, 0.717) is 35.5 Å². The van der Waals surface area contributed by atoms with Crippen LogP contribution in [0.3, 0.4) is 0 Å². The number of hydrogen-bond acceptors (Lipinski definition) is 7. The standard InChI is InChI=1S/C18H20N4O2S/c1-4-7-14-9-13(11-20-22-18-21-16(19)12-25-18)10-15(23-6-3)17(14)24-8-5-2/h2,4,9-12H,1,6-8,19H2,3H3,(H,21,22). The fourth-order valence-corrected chi connectivity index (χ4v) is 2.65. The van der Waals surface area contributed by atoms with Crippen LogP contribution >= 0.6 is 11.3 Å². The van der Waals surface area contributed by atoms with E-state index in [1.807, 2.05) is 19.1 Å². The Hall–Kier alpha value is -2.98. The molecule has 0 amide bonds. The second-order valence-corrected chi connectivity index (χ2v) is 5.73. The zero-order valence-corrected chi connectivity index (χ0v) is 14.8. The molecule has 7 heteroatoms. The predicted molar refractivity (Wildman–Crippen MR) is 104 cm³/mol. The lowest BCUT2D eigenvalue weighted by atomic mass is 10.1. The minimum Gasteiger partial charge on any atom is -0.490 e. The number of hydrazone groups is 1. The van der Waals surface area contributed by atoms with E-state index in [1.165, 1.54) is 11.3 Å². The van der Waals surface area contributed by atoms with Gasteiger partial charge in [0.2, 0.25) is 5.13 Å². The number of aromatic nitrogens is 1. The van der Waals surface area contributed by atoms with Gasteiger partial charge in [0.1, 0.15) is 12.4 Å². The molecule has 0 aliphatic carbocycles. The van der Waals surface area contributed by atoms with Crippen molar-refractivity contribution in [3.63, 3.8) is 0 Å². The molecule has 130 valence electrons. The fourth-order valence-electron chi connectivity index (χ4n) is 2.11. The fraction of sp³-hybridized carbons (Fsp3) is 0.222. The molecule has 0 saturated carbocycles. The number of nitrogen functional groups attached to an aromatic ring is 1.